The average molecular weight is 288 g/mol. The largest absolute Gasteiger partial charge is 0.463 e. The molecule has 0 radical (unpaired) electrons. The number of hydrogen-bond donors (Lipinski definition) is 1. The molecule has 2 rings (SSSR count). The van der Waals surface area contributed by atoms with Gasteiger partial charge in [-0.25, -0.2) is 0 Å². The number of aromatic nitrogens is 2. The second kappa shape index (κ2) is 7.91. The van der Waals surface area contributed by atoms with E-state index in [4.69, 9.17) is 4.74 Å². The highest BCUT2D eigenvalue weighted by Crippen LogP contribution is 2.09. The van der Waals surface area contributed by atoms with Gasteiger partial charge in [0.2, 0.25) is 0 Å². The standard InChI is InChI=1S/C14H16N4O3/c19-18(20)13-10-16-14(17-11-13)21-8-4-7-15-9-12-5-2-1-3-6-12/h1-3,5-6,10-11,15H,4,7-9H2. The highest BCUT2D eigenvalue weighted by atomic mass is 16.6. The van der Waals surface area contributed by atoms with Gasteiger partial charge in [0.25, 0.3) is 0 Å². The van der Waals surface area contributed by atoms with Crippen LogP contribution < -0.4 is 10.1 Å². The van der Waals surface area contributed by atoms with Crippen molar-refractivity contribution in [1.82, 2.24) is 15.3 Å². The molecule has 110 valence electrons. The van der Waals surface area contributed by atoms with Crippen LogP contribution in [-0.2, 0) is 6.54 Å². The van der Waals surface area contributed by atoms with Crippen LogP contribution in [0.15, 0.2) is 42.7 Å². The first-order valence-electron chi connectivity index (χ1n) is 6.59. The Morgan fingerprint density at radius 1 is 1.19 bits per heavy atom. The quantitative estimate of drug-likeness (QED) is 0.453. The number of benzene rings is 1. The molecular weight excluding hydrogens is 272 g/mol. The van der Waals surface area contributed by atoms with Crippen LogP contribution in [0.5, 0.6) is 6.01 Å². The van der Waals surface area contributed by atoms with Crippen molar-refractivity contribution in [2.45, 2.75) is 13.0 Å². The van der Waals surface area contributed by atoms with E-state index in [-0.39, 0.29) is 11.7 Å². The van der Waals surface area contributed by atoms with Crippen LogP contribution >= 0.6 is 0 Å². The molecule has 0 spiro atoms. The zero-order valence-electron chi connectivity index (χ0n) is 11.4. The molecule has 0 fully saturated rings. The minimum atomic E-state index is -0.544. The summed E-state index contributed by atoms with van der Waals surface area (Å²) in [5.74, 6) is 0. The molecular formula is C14H16N4O3. The van der Waals surface area contributed by atoms with E-state index in [9.17, 15) is 10.1 Å². The Morgan fingerprint density at radius 3 is 2.57 bits per heavy atom. The summed E-state index contributed by atoms with van der Waals surface area (Å²) in [6.45, 7) is 2.08. The Hall–Kier alpha value is -2.54. The lowest BCUT2D eigenvalue weighted by molar-refractivity contribution is -0.385. The normalized spacial score (nSPS) is 10.3. The van der Waals surface area contributed by atoms with Gasteiger partial charge in [0.1, 0.15) is 12.4 Å². The molecule has 0 aliphatic rings. The molecule has 0 bridgehead atoms. The molecule has 21 heavy (non-hydrogen) atoms. The monoisotopic (exact) mass is 288 g/mol. The van der Waals surface area contributed by atoms with Gasteiger partial charge in [0, 0.05) is 6.54 Å². The Bertz CT molecular complexity index is 560. The Kier molecular flexibility index (Phi) is 5.60. The number of hydrogen-bond acceptors (Lipinski definition) is 6. The van der Waals surface area contributed by atoms with Crippen molar-refractivity contribution in [3.8, 4) is 6.01 Å². The smallest absolute Gasteiger partial charge is 0.316 e. The fourth-order valence-electron chi connectivity index (χ4n) is 1.67. The van der Waals surface area contributed by atoms with Gasteiger partial charge in [-0.1, -0.05) is 30.3 Å². The van der Waals surface area contributed by atoms with Crippen LogP contribution in [0.2, 0.25) is 0 Å². The van der Waals surface area contributed by atoms with Crippen LogP contribution in [0.4, 0.5) is 5.69 Å². The molecule has 7 nitrogen and oxygen atoms in total. The van der Waals surface area contributed by atoms with Crippen molar-refractivity contribution in [1.29, 1.82) is 0 Å². The summed E-state index contributed by atoms with van der Waals surface area (Å²) in [6, 6.07) is 10.3. The highest BCUT2D eigenvalue weighted by molar-refractivity contribution is 5.21. The molecule has 1 aromatic carbocycles. The molecule has 2 aromatic rings. The first kappa shape index (κ1) is 14.9. The van der Waals surface area contributed by atoms with Crippen molar-refractivity contribution in [3.05, 3.63) is 58.4 Å². The lowest BCUT2D eigenvalue weighted by atomic mass is 10.2. The zero-order chi connectivity index (χ0) is 14.9. The average Bonchev–Trinajstić information content (AvgIpc) is 2.52. The van der Waals surface area contributed by atoms with Gasteiger partial charge in [-0.05, 0) is 18.5 Å². The van der Waals surface area contributed by atoms with Crippen LogP contribution in [0.25, 0.3) is 0 Å². The molecule has 0 amide bonds. The highest BCUT2D eigenvalue weighted by Gasteiger charge is 2.06. The molecule has 0 unspecified atom stereocenters. The molecule has 0 saturated carbocycles. The van der Waals surface area contributed by atoms with Crippen molar-refractivity contribution < 1.29 is 9.66 Å². The summed E-state index contributed by atoms with van der Waals surface area (Å²) in [4.78, 5) is 17.4. The minimum absolute atomic E-state index is 0.146. The van der Waals surface area contributed by atoms with Gasteiger partial charge < -0.3 is 10.1 Å². The summed E-state index contributed by atoms with van der Waals surface area (Å²) in [5, 5.41) is 13.7. The van der Waals surface area contributed by atoms with E-state index in [2.05, 4.69) is 27.4 Å². The fraction of sp³-hybridized carbons (Fsp3) is 0.286. The van der Waals surface area contributed by atoms with E-state index in [1.54, 1.807) is 0 Å². The van der Waals surface area contributed by atoms with Crippen molar-refractivity contribution in [2.24, 2.45) is 0 Å². The number of ether oxygens (including phenoxy) is 1. The second-order valence-electron chi connectivity index (χ2n) is 4.35. The summed E-state index contributed by atoms with van der Waals surface area (Å²) < 4.78 is 5.31. The Labute approximate surface area is 122 Å². The number of nitrogens with one attached hydrogen (secondary N) is 1. The van der Waals surface area contributed by atoms with Crippen LogP contribution in [0.3, 0.4) is 0 Å². The van der Waals surface area contributed by atoms with E-state index >= 15 is 0 Å². The molecule has 1 heterocycles. The van der Waals surface area contributed by atoms with Gasteiger partial charge in [0.05, 0.1) is 11.5 Å². The topological polar surface area (TPSA) is 90.2 Å². The van der Waals surface area contributed by atoms with Crippen LogP contribution in [0, 0.1) is 10.1 Å². The first-order chi connectivity index (χ1) is 10.3. The van der Waals surface area contributed by atoms with E-state index in [0.717, 1.165) is 31.9 Å². The fourth-order valence-corrected chi connectivity index (χ4v) is 1.67. The van der Waals surface area contributed by atoms with E-state index in [1.807, 2.05) is 18.2 Å². The predicted octanol–water partition coefficient (Wildman–Crippen LogP) is 1.94. The lowest BCUT2D eigenvalue weighted by Gasteiger charge is -2.05. The molecule has 0 aliphatic heterocycles. The van der Waals surface area contributed by atoms with Gasteiger partial charge in [0.15, 0.2) is 0 Å². The summed E-state index contributed by atoms with van der Waals surface area (Å²) in [5.41, 5.74) is 1.09. The molecule has 7 heteroatoms. The van der Waals surface area contributed by atoms with Crippen molar-refractivity contribution in [3.63, 3.8) is 0 Å². The molecule has 0 aliphatic carbocycles. The summed E-state index contributed by atoms with van der Waals surface area (Å²) in [6.07, 6.45) is 3.07. The molecule has 0 saturated heterocycles. The van der Waals surface area contributed by atoms with Crippen LogP contribution in [-0.4, -0.2) is 28.0 Å². The molecule has 1 N–H and O–H groups in total. The molecule has 1 aromatic heterocycles. The van der Waals surface area contributed by atoms with E-state index in [0.29, 0.717) is 6.61 Å². The van der Waals surface area contributed by atoms with E-state index in [1.165, 1.54) is 5.56 Å². The number of rotatable bonds is 8. The third kappa shape index (κ3) is 5.15. The van der Waals surface area contributed by atoms with Gasteiger partial charge >= 0.3 is 11.7 Å². The SMILES string of the molecule is O=[N+]([O-])c1cnc(OCCCNCc2ccccc2)nc1. The third-order valence-corrected chi connectivity index (χ3v) is 2.73. The Balaban J connectivity index is 1.60. The maximum atomic E-state index is 10.4. The number of nitro groups is 1. The number of nitrogens with zero attached hydrogens (tertiary/aromatic N) is 3. The first-order valence-corrected chi connectivity index (χ1v) is 6.59. The maximum Gasteiger partial charge on any atom is 0.316 e. The zero-order valence-corrected chi connectivity index (χ0v) is 11.4. The predicted molar refractivity (Wildman–Crippen MR) is 76.9 cm³/mol. The Morgan fingerprint density at radius 2 is 1.90 bits per heavy atom. The lowest BCUT2D eigenvalue weighted by Crippen LogP contribution is -2.17. The van der Waals surface area contributed by atoms with Gasteiger partial charge in [-0.15, -0.1) is 0 Å². The minimum Gasteiger partial charge on any atom is -0.463 e. The van der Waals surface area contributed by atoms with Gasteiger partial charge in [-0.2, -0.15) is 9.97 Å². The van der Waals surface area contributed by atoms with Crippen LogP contribution in [0.1, 0.15) is 12.0 Å². The second-order valence-corrected chi connectivity index (χ2v) is 4.35. The maximum absolute atomic E-state index is 10.4. The van der Waals surface area contributed by atoms with E-state index < -0.39 is 4.92 Å². The van der Waals surface area contributed by atoms with Crippen molar-refractivity contribution in [2.75, 3.05) is 13.2 Å². The molecule has 0 atom stereocenters. The van der Waals surface area contributed by atoms with Gasteiger partial charge in [-0.3, -0.25) is 10.1 Å². The van der Waals surface area contributed by atoms with Crippen molar-refractivity contribution >= 4 is 5.69 Å². The summed E-state index contributed by atoms with van der Waals surface area (Å²) >= 11 is 0. The third-order valence-electron chi connectivity index (χ3n) is 2.73. The summed E-state index contributed by atoms with van der Waals surface area (Å²) in [7, 11) is 0.